The van der Waals surface area contributed by atoms with Crippen molar-refractivity contribution >= 4 is 33.9 Å². The number of allylic oxidation sites excluding steroid dienone is 4. The Hall–Kier alpha value is -4.57. The van der Waals surface area contributed by atoms with Gasteiger partial charge in [0.1, 0.15) is 5.76 Å². The first kappa shape index (κ1) is 31.6. The van der Waals surface area contributed by atoms with Crippen molar-refractivity contribution in [1.82, 2.24) is 15.3 Å². The molecule has 0 aliphatic heterocycles. The highest BCUT2D eigenvalue weighted by Gasteiger charge is 2.13. The molecule has 0 aliphatic rings. The molecule has 3 N–H and O–H groups in total. The lowest BCUT2D eigenvalue weighted by Gasteiger charge is -2.14. The third-order valence-corrected chi connectivity index (χ3v) is 6.14. The summed E-state index contributed by atoms with van der Waals surface area (Å²) < 4.78 is 15.9. The molecule has 0 saturated carbocycles. The summed E-state index contributed by atoms with van der Waals surface area (Å²) in [5.74, 6) is 1.28. The van der Waals surface area contributed by atoms with Crippen molar-refractivity contribution in [2.45, 2.75) is 27.7 Å². The van der Waals surface area contributed by atoms with Crippen LogP contribution in [0.5, 0.6) is 0 Å². The molecular formula is C30H37N5O4S. The fraction of sp³-hybridized carbons (Fsp3) is 0.233. The highest BCUT2D eigenvalue weighted by Crippen LogP contribution is 2.29. The summed E-state index contributed by atoms with van der Waals surface area (Å²) >= 11 is 1.49. The molecule has 1 aromatic carbocycles. The van der Waals surface area contributed by atoms with Crippen LogP contribution >= 0.6 is 11.3 Å². The molecule has 2 amide bonds. The largest absolute Gasteiger partial charge is 0.497 e. The molecule has 0 aliphatic carbocycles. The van der Waals surface area contributed by atoms with E-state index in [1.54, 1.807) is 25.4 Å². The first-order valence-electron chi connectivity index (χ1n) is 12.4. The van der Waals surface area contributed by atoms with Gasteiger partial charge in [-0.05, 0) is 57.5 Å². The van der Waals surface area contributed by atoms with Gasteiger partial charge in [-0.15, -0.1) is 11.3 Å². The van der Waals surface area contributed by atoms with Crippen molar-refractivity contribution in [2.75, 3.05) is 32.0 Å². The van der Waals surface area contributed by atoms with E-state index in [4.69, 9.17) is 14.2 Å². The maximum Gasteiger partial charge on any atom is 0.323 e. The second-order valence-electron chi connectivity index (χ2n) is 8.21. The average molecular weight is 564 g/mol. The van der Waals surface area contributed by atoms with Crippen LogP contribution in [0.3, 0.4) is 0 Å². The average Bonchev–Trinajstić information content (AvgIpc) is 3.43. The number of methoxy groups -OCH3 is 3. The fourth-order valence-corrected chi connectivity index (χ4v) is 3.89. The van der Waals surface area contributed by atoms with Gasteiger partial charge in [0.2, 0.25) is 0 Å². The Labute approximate surface area is 240 Å². The molecule has 9 nitrogen and oxygen atoms in total. The third-order valence-electron chi connectivity index (χ3n) is 5.39. The summed E-state index contributed by atoms with van der Waals surface area (Å²) in [4.78, 5) is 21.4. The van der Waals surface area contributed by atoms with Gasteiger partial charge in [-0.3, -0.25) is 4.98 Å². The van der Waals surface area contributed by atoms with Crippen molar-refractivity contribution in [3.05, 3.63) is 101 Å². The predicted octanol–water partition coefficient (Wildman–Crippen LogP) is 7.53. The quantitative estimate of drug-likeness (QED) is 0.133. The van der Waals surface area contributed by atoms with Crippen LogP contribution in [0.1, 0.15) is 26.3 Å². The van der Waals surface area contributed by atoms with Gasteiger partial charge in [-0.1, -0.05) is 24.8 Å². The van der Waals surface area contributed by atoms with E-state index in [2.05, 4.69) is 32.5 Å². The lowest BCUT2D eigenvalue weighted by Crippen LogP contribution is -2.27. The molecule has 3 aromatic rings. The number of thiazole rings is 1. The summed E-state index contributed by atoms with van der Waals surface area (Å²) in [5.41, 5.74) is 4.52. The second-order valence-corrected chi connectivity index (χ2v) is 9.07. The van der Waals surface area contributed by atoms with Crippen molar-refractivity contribution in [3.63, 3.8) is 0 Å². The van der Waals surface area contributed by atoms with Gasteiger partial charge in [0.25, 0.3) is 0 Å². The standard InChI is InChI=1S/C26H29N5O4S.C4H8/c1-16-9-10-20(13-21(16)30-26-31-22(15-36-26)19-8-7-11-27-14-19)29-25(32)28-17(2)12-23(34-5)24(35-6)18(3)33-4;1-3-4-2/h7-15H,2H2,1,3-6H3,(H,30,31)(H2,28,29,32);3-4H,1-2H3/b23-12+,24-18-;4-3-. The van der Waals surface area contributed by atoms with E-state index >= 15 is 0 Å². The Morgan fingerprint density at radius 2 is 1.82 bits per heavy atom. The molecule has 10 heteroatoms. The van der Waals surface area contributed by atoms with Crippen molar-refractivity contribution in [1.29, 1.82) is 0 Å². The number of ether oxygens (including phenoxy) is 3. The highest BCUT2D eigenvalue weighted by atomic mass is 32.1. The van der Waals surface area contributed by atoms with E-state index < -0.39 is 6.03 Å². The van der Waals surface area contributed by atoms with E-state index in [0.29, 0.717) is 28.7 Å². The number of nitrogens with one attached hydrogen (secondary N) is 3. The number of anilines is 3. The number of aryl methyl sites for hydroxylation is 1. The van der Waals surface area contributed by atoms with Gasteiger partial charge in [-0.25, -0.2) is 9.78 Å². The van der Waals surface area contributed by atoms with Gasteiger partial charge in [0, 0.05) is 46.5 Å². The zero-order chi connectivity index (χ0) is 29.5. The van der Waals surface area contributed by atoms with Gasteiger partial charge < -0.3 is 30.2 Å². The maximum absolute atomic E-state index is 12.6. The highest BCUT2D eigenvalue weighted by molar-refractivity contribution is 7.14. The van der Waals surface area contributed by atoms with E-state index in [1.807, 2.05) is 68.6 Å². The zero-order valence-electron chi connectivity index (χ0n) is 24.0. The minimum Gasteiger partial charge on any atom is -0.497 e. The minimum absolute atomic E-state index is 0.305. The van der Waals surface area contributed by atoms with Crippen LogP contribution in [0.25, 0.3) is 11.3 Å². The topological polar surface area (TPSA) is 107 Å². The molecule has 0 unspecified atom stereocenters. The van der Waals surface area contributed by atoms with Gasteiger partial charge in [0.05, 0.1) is 27.0 Å². The number of amides is 2. The number of rotatable bonds is 10. The number of benzene rings is 1. The molecule has 0 bridgehead atoms. The van der Waals surface area contributed by atoms with Gasteiger partial charge in [-0.2, -0.15) is 0 Å². The Morgan fingerprint density at radius 3 is 2.42 bits per heavy atom. The van der Waals surface area contributed by atoms with E-state index in [-0.39, 0.29) is 0 Å². The molecule has 0 radical (unpaired) electrons. The Bertz CT molecular complexity index is 1360. The number of nitrogens with zero attached hydrogens (tertiary/aromatic N) is 2. The number of urea groups is 1. The first-order valence-corrected chi connectivity index (χ1v) is 13.3. The van der Waals surface area contributed by atoms with Crippen LogP contribution in [0, 0.1) is 6.92 Å². The van der Waals surface area contributed by atoms with Gasteiger partial charge in [0.15, 0.2) is 16.6 Å². The van der Waals surface area contributed by atoms with Crippen LogP contribution in [0.15, 0.2) is 95.9 Å². The summed E-state index contributed by atoms with van der Waals surface area (Å²) in [6.07, 6.45) is 9.05. The molecule has 2 aromatic heterocycles. The number of carbonyl (C=O) groups is 1. The van der Waals surface area contributed by atoms with Crippen LogP contribution in [0.4, 0.5) is 21.3 Å². The van der Waals surface area contributed by atoms with Crippen molar-refractivity contribution in [3.8, 4) is 11.3 Å². The number of hydrogen-bond donors (Lipinski definition) is 3. The number of aromatic nitrogens is 2. The lowest BCUT2D eigenvalue weighted by atomic mass is 10.2. The minimum atomic E-state index is -0.457. The Kier molecular flexibility index (Phi) is 13.0. The predicted molar refractivity (Wildman–Crippen MR) is 163 cm³/mol. The molecule has 0 saturated heterocycles. The maximum atomic E-state index is 12.6. The van der Waals surface area contributed by atoms with Crippen LogP contribution in [0.2, 0.25) is 0 Å². The van der Waals surface area contributed by atoms with E-state index in [0.717, 1.165) is 27.6 Å². The molecule has 0 atom stereocenters. The molecule has 212 valence electrons. The number of hydrogen-bond acceptors (Lipinski definition) is 8. The van der Waals surface area contributed by atoms with Crippen LogP contribution in [-0.2, 0) is 14.2 Å². The van der Waals surface area contributed by atoms with Crippen molar-refractivity contribution < 1.29 is 19.0 Å². The monoisotopic (exact) mass is 563 g/mol. The lowest BCUT2D eigenvalue weighted by molar-refractivity contribution is 0.186. The summed E-state index contributed by atoms with van der Waals surface area (Å²) in [6, 6.07) is 8.95. The number of pyridine rings is 1. The molecular weight excluding hydrogens is 526 g/mol. The number of carbonyl (C=O) groups excluding carboxylic acids is 1. The molecule has 0 spiro atoms. The normalized spacial score (nSPS) is 11.5. The zero-order valence-corrected chi connectivity index (χ0v) is 24.8. The van der Waals surface area contributed by atoms with Gasteiger partial charge >= 0.3 is 6.03 Å². The smallest absolute Gasteiger partial charge is 0.323 e. The molecule has 3 rings (SSSR count). The first-order chi connectivity index (χ1) is 19.3. The van der Waals surface area contributed by atoms with E-state index in [1.165, 1.54) is 32.7 Å². The third kappa shape index (κ3) is 9.63. The van der Waals surface area contributed by atoms with Crippen molar-refractivity contribution in [2.24, 2.45) is 0 Å². The molecule has 40 heavy (non-hydrogen) atoms. The van der Waals surface area contributed by atoms with Crippen LogP contribution < -0.4 is 16.0 Å². The second kappa shape index (κ2) is 16.4. The summed E-state index contributed by atoms with van der Waals surface area (Å²) in [7, 11) is 4.52. The summed E-state index contributed by atoms with van der Waals surface area (Å²) in [5, 5.41) is 11.5. The van der Waals surface area contributed by atoms with Crippen LogP contribution in [-0.4, -0.2) is 37.3 Å². The van der Waals surface area contributed by atoms with E-state index in [9.17, 15) is 4.79 Å². The fourth-order valence-electron chi connectivity index (χ4n) is 3.16. The molecule has 2 heterocycles. The molecule has 0 fully saturated rings. The Morgan fingerprint density at radius 1 is 1.07 bits per heavy atom. The Balaban J connectivity index is 0.00000131. The summed E-state index contributed by atoms with van der Waals surface area (Å²) in [6.45, 7) is 11.6. The SMILES string of the molecule is C/C=C\C.C=C(/C=C(OC)\C(OC)=C(/C)OC)NC(=O)Nc1ccc(C)c(Nc2nc(-c3cccnc3)cs2)c1.